The highest BCUT2D eigenvalue weighted by Gasteiger charge is 2.22. The molecule has 0 bridgehead atoms. The van der Waals surface area contributed by atoms with Crippen LogP contribution in [0, 0.1) is 18.2 Å². The van der Waals surface area contributed by atoms with Gasteiger partial charge in [0.05, 0.1) is 16.0 Å². The summed E-state index contributed by atoms with van der Waals surface area (Å²) in [6.45, 7) is 3.14. The van der Waals surface area contributed by atoms with Crippen LogP contribution in [0.3, 0.4) is 0 Å². The highest BCUT2D eigenvalue weighted by molar-refractivity contribution is 8.13. The Kier molecular flexibility index (Phi) is 4.23. The highest BCUT2D eigenvalue weighted by Crippen LogP contribution is 2.19. The highest BCUT2D eigenvalue weighted by atomic mass is 35.7. The molecule has 0 aromatic heterocycles. The third kappa shape index (κ3) is 3.94. The van der Waals surface area contributed by atoms with E-state index in [9.17, 15) is 17.6 Å². The van der Waals surface area contributed by atoms with E-state index in [0.717, 1.165) is 12.1 Å². The molecule has 19 heavy (non-hydrogen) atoms. The molecule has 0 aliphatic carbocycles. The van der Waals surface area contributed by atoms with Gasteiger partial charge in [-0.15, -0.1) is 6.42 Å². The van der Waals surface area contributed by atoms with Gasteiger partial charge in [0.15, 0.2) is 0 Å². The fourth-order valence-corrected chi connectivity index (χ4v) is 1.98. The molecular weight excluding hydrogens is 293 g/mol. The SMILES string of the molecule is C#CC(C)(C)NC(=O)c1ccc(S(=O)(=O)Cl)cc1F. The van der Waals surface area contributed by atoms with E-state index in [4.69, 9.17) is 17.1 Å². The van der Waals surface area contributed by atoms with Crippen LogP contribution in [0.15, 0.2) is 23.1 Å². The third-order valence-corrected chi connectivity index (χ3v) is 3.61. The van der Waals surface area contributed by atoms with E-state index in [1.807, 2.05) is 0 Å². The predicted octanol–water partition coefficient (Wildman–Crippen LogP) is 1.89. The molecule has 0 atom stereocenters. The number of amides is 1. The molecule has 0 heterocycles. The summed E-state index contributed by atoms with van der Waals surface area (Å²) >= 11 is 0. The lowest BCUT2D eigenvalue weighted by Gasteiger charge is -2.19. The maximum absolute atomic E-state index is 13.7. The van der Waals surface area contributed by atoms with Gasteiger partial charge >= 0.3 is 0 Å². The summed E-state index contributed by atoms with van der Waals surface area (Å²) in [5, 5.41) is 2.42. The summed E-state index contributed by atoms with van der Waals surface area (Å²) in [5.41, 5.74) is -1.26. The molecule has 0 aliphatic rings. The van der Waals surface area contributed by atoms with Crippen LogP contribution in [-0.2, 0) is 9.05 Å². The number of carbonyl (C=O) groups excluding carboxylic acids is 1. The Morgan fingerprint density at radius 3 is 2.47 bits per heavy atom. The first-order valence-electron chi connectivity index (χ1n) is 5.11. The Balaban J connectivity index is 3.12. The zero-order chi connectivity index (χ0) is 14.8. The number of halogens is 2. The summed E-state index contributed by atoms with van der Waals surface area (Å²) in [4.78, 5) is 11.4. The summed E-state index contributed by atoms with van der Waals surface area (Å²) in [6, 6.07) is 2.76. The lowest BCUT2D eigenvalue weighted by molar-refractivity contribution is 0.0925. The van der Waals surface area contributed by atoms with Gasteiger partial charge in [-0.2, -0.15) is 0 Å². The van der Waals surface area contributed by atoms with E-state index in [0.29, 0.717) is 6.07 Å². The standard InChI is InChI=1S/C12H11ClFNO3S/c1-4-12(2,3)15-11(16)9-6-5-8(7-10(9)14)19(13,17)18/h1,5-7H,2-3H3,(H,15,16). The second-order valence-electron chi connectivity index (χ2n) is 4.30. The van der Waals surface area contributed by atoms with Crippen LogP contribution in [0.4, 0.5) is 4.39 Å². The lowest BCUT2D eigenvalue weighted by atomic mass is 10.1. The van der Waals surface area contributed by atoms with E-state index < -0.39 is 31.2 Å². The monoisotopic (exact) mass is 303 g/mol. The van der Waals surface area contributed by atoms with Gasteiger partial charge in [0.25, 0.3) is 15.0 Å². The van der Waals surface area contributed by atoms with E-state index in [1.165, 1.54) is 0 Å². The maximum atomic E-state index is 13.7. The van der Waals surface area contributed by atoms with E-state index >= 15 is 0 Å². The minimum atomic E-state index is -4.04. The van der Waals surface area contributed by atoms with E-state index in [-0.39, 0.29) is 5.56 Å². The van der Waals surface area contributed by atoms with Crippen LogP contribution in [-0.4, -0.2) is 19.9 Å². The van der Waals surface area contributed by atoms with Crippen molar-refractivity contribution in [3.63, 3.8) is 0 Å². The van der Waals surface area contributed by atoms with Crippen molar-refractivity contribution in [2.24, 2.45) is 0 Å². The zero-order valence-corrected chi connectivity index (χ0v) is 11.8. The van der Waals surface area contributed by atoms with Crippen LogP contribution < -0.4 is 5.32 Å². The van der Waals surface area contributed by atoms with Crippen molar-refractivity contribution in [3.05, 3.63) is 29.6 Å². The second-order valence-corrected chi connectivity index (χ2v) is 6.87. The van der Waals surface area contributed by atoms with E-state index in [2.05, 4.69) is 11.2 Å². The molecule has 0 radical (unpaired) electrons. The lowest BCUT2D eigenvalue weighted by Crippen LogP contribution is -2.42. The Labute approximate surface area is 115 Å². The fraction of sp³-hybridized carbons (Fsp3) is 0.250. The molecule has 1 aromatic carbocycles. The molecule has 0 fully saturated rings. The number of hydrogen-bond acceptors (Lipinski definition) is 3. The first-order valence-corrected chi connectivity index (χ1v) is 7.42. The molecule has 1 rings (SSSR count). The normalized spacial score (nSPS) is 11.7. The Morgan fingerprint density at radius 2 is 2.05 bits per heavy atom. The minimum absolute atomic E-state index is 0.313. The van der Waals surface area contributed by atoms with Crippen molar-refractivity contribution >= 4 is 25.6 Å². The van der Waals surface area contributed by atoms with Crippen LogP contribution in [0.25, 0.3) is 0 Å². The molecule has 0 spiro atoms. The van der Waals surface area contributed by atoms with Crippen LogP contribution in [0.5, 0.6) is 0 Å². The number of hydrogen-bond donors (Lipinski definition) is 1. The summed E-state index contributed by atoms with van der Waals surface area (Å²) < 4.78 is 35.7. The number of nitrogens with one attached hydrogen (secondary N) is 1. The number of benzene rings is 1. The maximum Gasteiger partial charge on any atom is 0.261 e. The van der Waals surface area contributed by atoms with Crippen molar-refractivity contribution in [2.45, 2.75) is 24.3 Å². The quantitative estimate of drug-likeness (QED) is 0.685. The molecule has 0 unspecified atom stereocenters. The Bertz CT molecular complexity index is 662. The van der Waals surface area contributed by atoms with Gasteiger partial charge in [-0.05, 0) is 32.0 Å². The summed E-state index contributed by atoms with van der Waals surface area (Å²) in [6.07, 6.45) is 5.20. The van der Waals surface area contributed by atoms with Crippen LogP contribution >= 0.6 is 10.7 Å². The van der Waals surface area contributed by atoms with Gasteiger partial charge in [0.2, 0.25) is 0 Å². The third-order valence-electron chi connectivity index (χ3n) is 2.25. The Morgan fingerprint density at radius 1 is 1.47 bits per heavy atom. The van der Waals surface area contributed by atoms with Crippen molar-refractivity contribution in [2.75, 3.05) is 0 Å². The topological polar surface area (TPSA) is 63.2 Å². The molecule has 102 valence electrons. The molecule has 0 saturated heterocycles. The average Bonchev–Trinajstić information content (AvgIpc) is 2.26. The summed E-state index contributed by atoms with van der Waals surface area (Å²) in [5.74, 6) is 0.595. The number of rotatable bonds is 3. The van der Waals surface area contributed by atoms with Crippen molar-refractivity contribution in [1.29, 1.82) is 0 Å². The number of carbonyl (C=O) groups is 1. The first kappa shape index (κ1) is 15.5. The second kappa shape index (κ2) is 5.19. The molecule has 7 heteroatoms. The first-order chi connectivity index (χ1) is 8.57. The Hall–Kier alpha value is -1.58. The largest absolute Gasteiger partial charge is 0.336 e. The van der Waals surface area contributed by atoms with Gasteiger partial charge in [-0.3, -0.25) is 4.79 Å². The smallest absolute Gasteiger partial charge is 0.261 e. The van der Waals surface area contributed by atoms with Gasteiger partial charge in [-0.25, -0.2) is 12.8 Å². The fourth-order valence-electron chi connectivity index (χ4n) is 1.22. The van der Waals surface area contributed by atoms with E-state index in [1.54, 1.807) is 13.8 Å². The van der Waals surface area contributed by atoms with Crippen molar-refractivity contribution in [1.82, 2.24) is 5.32 Å². The van der Waals surface area contributed by atoms with Crippen LogP contribution in [0.1, 0.15) is 24.2 Å². The van der Waals surface area contributed by atoms with Gasteiger partial charge in [0.1, 0.15) is 5.82 Å². The van der Waals surface area contributed by atoms with Crippen molar-refractivity contribution in [3.8, 4) is 12.3 Å². The van der Waals surface area contributed by atoms with Crippen LogP contribution in [0.2, 0.25) is 0 Å². The minimum Gasteiger partial charge on any atom is -0.336 e. The molecule has 1 N–H and O–H groups in total. The molecule has 0 saturated carbocycles. The van der Waals surface area contributed by atoms with Gasteiger partial charge < -0.3 is 5.32 Å². The molecule has 1 aromatic rings. The van der Waals surface area contributed by atoms with Gasteiger partial charge in [-0.1, -0.05) is 5.92 Å². The molecule has 4 nitrogen and oxygen atoms in total. The predicted molar refractivity (Wildman–Crippen MR) is 69.8 cm³/mol. The molecule has 1 amide bonds. The number of terminal acetylenes is 1. The molecule has 0 aliphatic heterocycles. The zero-order valence-electron chi connectivity index (χ0n) is 10.2. The van der Waals surface area contributed by atoms with Crippen molar-refractivity contribution < 1.29 is 17.6 Å². The average molecular weight is 304 g/mol. The van der Waals surface area contributed by atoms with Gasteiger partial charge in [0, 0.05) is 10.7 Å². The molecular formula is C12H11ClFNO3S. The summed E-state index contributed by atoms with van der Waals surface area (Å²) in [7, 11) is 1.03.